The van der Waals surface area contributed by atoms with Gasteiger partial charge in [0.15, 0.2) is 5.16 Å². The van der Waals surface area contributed by atoms with Gasteiger partial charge in [0.1, 0.15) is 0 Å². The summed E-state index contributed by atoms with van der Waals surface area (Å²) in [5.41, 5.74) is 2.97. The predicted molar refractivity (Wildman–Crippen MR) is 103 cm³/mol. The quantitative estimate of drug-likeness (QED) is 0.664. The number of anilines is 1. The maximum absolute atomic E-state index is 12.2. The van der Waals surface area contributed by atoms with Gasteiger partial charge in [-0.05, 0) is 30.5 Å². The van der Waals surface area contributed by atoms with Crippen LogP contribution in [0.25, 0.3) is 11.0 Å². The fraction of sp³-hybridized carbons (Fsp3) is 0.222. The molecule has 0 saturated heterocycles. The predicted octanol–water partition coefficient (Wildman–Crippen LogP) is 4.42. The van der Waals surface area contributed by atoms with Gasteiger partial charge in [0.05, 0.1) is 16.7 Å². The Labute approximate surface area is 150 Å². The van der Waals surface area contributed by atoms with Crippen molar-refractivity contribution >= 4 is 46.2 Å². The first-order chi connectivity index (χ1) is 11.7. The van der Waals surface area contributed by atoms with E-state index >= 15 is 0 Å². The van der Waals surface area contributed by atoms with Crippen molar-refractivity contribution in [2.75, 3.05) is 17.3 Å². The highest BCUT2D eigenvalue weighted by Gasteiger charge is 2.10. The molecule has 3 rings (SSSR count). The standard InChI is InChI=1S/C18H19N3OS2/c1-21-15-9-5-3-7-13(15)20-18(21)24-12-11-17(22)19-14-8-4-6-10-16(14)23-2/h3-10H,11-12H2,1-2H3,(H,19,22). The van der Waals surface area contributed by atoms with Crippen LogP contribution in [0.1, 0.15) is 6.42 Å². The molecule has 0 saturated carbocycles. The van der Waals surface area contributed by atoms with Crippen molar-refractivity contribution in [1.82, 2.24) is 9.55 Å². The largest absolute Gasteiger partial charge is 0.325 e. The average Bonchev–Trinajstić information content (AvgIpc) is 2.92. The normalized spacial score (nSPS) is 10.9. The van der Waals surface area contributed by atoms with Crippen LogP contribution in [0.3, 0.4) is 0 Å². The second-order valence-electron chi connectivity index (χ2n) is 5.29. The van der Waals surface area contributed by atoms with E-state index in [2.05, 4.69) is 20.9 Å². The number of thioether (sulfide) groups is 2. The summed E-state index contributed by atoms with van der Waals surface area (Å²) in [5.74, 6) is 0.729. The third kappa shape index (κ3) is 3.76. The number of benzene rings is 2. The molecule has 0 unspecified atom stereocenters. The Balaban J connectivity index is 1.57. The number of carbonyl (C=O) groups excluding carboxylic acids is 1. The minimum atomic E-state index is 0.0303. The van der Waals surface area contributed by atoms with Gasteiger partial charge in [-0.2, -0.15) is 0 Å². The number of fused-ring (bicyclic) bond motifs is 1. The molecule has 1 heterocycles. The lowest BCUT2D eigenvalue weighted by atomic mass is 10.3. The number of carbonyl (C=O) groups is 1. The van der Waals surface area contributed by atoms with Gasteiger partial charge >= 0.3 is 0 Å². The minimum absolute atomic E-state index is 0.0303. The van der Waals surface area contributed by atoms with Crippen molar-refractivity contribution in [3.8, 4) is 0 Å². The lowest BCUT2D eigenvalue weighted by molar-refractivity contribution is -0.115. The maximum atomic E-state index is 12.2. The number of nitrogens with zero attached hydrogens (tertiary/aromatic N) is 2. The molecule has 0 spiro atoms. The van der Waals surface area contributed by atoms with E-state index in [1.807, 2.05) is 55.8 Å². The molecule has 0 fully saturated rings. The molecule has 2 aromatic carbocycles. The van der Waals surface area contributed by atoms with Crippen LogP contribution in [0.5, 0.6) is 0 Å². The van der Waals surface area contributed by atoms with Crippen molar-refractivity contribution in [1.29, 1.82) is 0 Å². The number of para-hydroxylation sites is 3. The SMILES string of the molecule is CSc1ccccc1NC(=O)CCSc1nc2ccccc2n1C. The molecule has 0 aliphatic heterocycles. The van der Waals surface area contributed by atoms with Crippen molar-refractivity contribution in [3.63, 3.8) is 0 Å². The molecule has 124 valence electrons. The summed E-state index contributed by atoms with van der Waals surface area (Å²) in [7, 11) is 2.01. The molecule has 0 bridgehead atoms. The first kappa shape index (κ1) is 16.9. The molecule has 1 aromatic heterocycles. The number of aryl methyl sites for hydroxylation is 1. The van der Waals surface area contributed by atoms with E-state index in [0.717, 1.165) is 26.8 Å². The van der Waals surface area contributed by atoms with Crippen molar-refractivity contribution < 1.29 is 4.79 Å². The topological polar surface area (TPSA) is 46.9 Å². The molecule has 0 aliphatic rings. The van der Waals surface area contributed by atoms with Gasteiger partial charge in [-0.3, -0.25) is 4.79 Å². The average molecular weight is 358 g/mol. The first-order valence-electron chi connectivity index (χ1n) is 7.66. The third-order valence-electron chi connectivity index (χ3n) is 3.69. The van der Waals surface area contributed by atoms with E-state index in [1.165, 1.54) is 0 Å². The Hall–Kier alpha value is -1.92. The molecule has 1 amide bonds. The van der Waals surface area contributed by atoms with Crippen LogP contribution in [0.4, 0.5) is 5.69 Å². The molecule has 6 heteroatoms. The smallest absolute Gasteiger partial charge is 0.225 e. The highest BCUT2D eigenvalue weighted by Crippen LogP contribution is 2.26. The Morgan fingerprint density at radius 2 is 1.92 bits per heavy atom. The van der Waals surface area contributed by atoms with E-state index in [1.54, 1.807) is 23.5 Å². The molecule has 0 radical (unpaired) electrons. The lowest BCUT2D eigenvalue weighted by Gasteiger charge is -2.09. The Morgan fingerprint density at radius 1 is 1.17 bits per heavy atom. The molecule has 3 aromatic rings. The van der Waals surface area contributed by atoms with Crippen LogP contribution >= 0.6 is 23.5 Å². The third-order valence-corrected chi connectivity index (χ3v) is 5.51. The molecule has 0 aliphatic carbocycles. The highest BCUT2D eigenvalue weighted by molar-refractivity contribution is 7.99. The zero-order valence-corrected chi connectivity index (χ0v) is 15.3. The summed E-state index contributed by atoms with van der Waals surface area (Å²) < 4.78 is 2.07. The van der Waals surface area contributed by atoms with Crippen LogP contribution in [0, 0.1) is 0 Å². The molecular weight excluding hydrogens is 338 g/mol. The second-order valence-corrected chi connectivity index (χ2v) is 7.20. The van der Waals surface area contributed by atoms with Gasteiger partial charge in [-0.1, -0.05) is 36.0 Å². The maximum Gasteiger partial charge on any atom is 0.225 e. The van der Waals surface area contributed by atoms with Gasteiger partial charge in [0, 0.05) is 24.1 Å². The van der Waals surface area contributed by atoms with E-state index < -0.39 is 0 Å². The van der Waals surface area contributed by atoms with E-state index in [0.29, 0.717) is 12.2 Å². The Morgan fingerprint density at radius 3 is 2.71 bits per heavy atom. The van der Waals surface area contributed by atoms with Crippen molar-refractivity contribution in [2.24, 2.45) is 7.05 Å². The summed E-state index contributed by atoms with van der Waals surface area (Å²) in [6, 6.07) is 15.9. The fourth-order valence-corrected chi connectivity index (χ4v) is 3.93. The summed E-state index contributed by atoms with van der Waals surface area (Å²) in [5, 5.41) is 3.93. The minimum Gasteiger partial charge on any atom is -0.325 e. The number of hydrogen-bond acceptors (Lipinski definition) is 4. The number of nitrogens with one attached hydrogen (secondary N) is 1. The van der Waals surface area contributed by atoms with Crippen LogP contribution in [-0.4, -0.2) is 27.5 Å². The van der Waals surface area contributed by atoms with Crippen LogP contribution < -0.4 is 5.32 Å². The fourth-order valence-electron chi connectivity index (χ4n) is 2.45. The van der Waals surface area contributed by atoms with Gasteiger partial charge in [0.2, 0.25) is 5.91 Å². The Kier molecular flexibility index (Phi) is 5.48. The lowest BCUT2D eigenvalue weighted by Crippen LogP contribution is -2.12. The molecule has 1 N–H and O–H groups in total. The van der Waals surface area contributed by atoms with Gasteiger partial charge < -0.3 is 9.88 Å². The highest BCUT2D eigenvalue weighted by atomic mass is 32.2. The number of rotatable bonds is 6. The monoisotopic (exact) mass is 357 g/mol. The number of hydrogen-bond donors (Lipinski definition) is 1. The van der Waals surface area contributed by atoms with Crippen LogP contribution in [0.2, 0.25) is 0 Å². The molecule has 24 heavy (non-hydrogen) atoms. The number of amides is 1. The summed E-state index contributed by atoms with van der Waals surface area (Å²) in [6.07, 6.45) is 2.46. The van der Waals surface area contributed by atoms with Gasteiger partial charge in [0.25, 0.3) is 0 Å². The molecular formula is C18H19N3OS2. The summed E-state index contributed by atoms with van der Waals surface area (Å²) >= 11 is 3.24. The second kappa shape index (κ2) is 7.77. The zero-order valence-electron chi connectivity index (χ0n) is 13.7. The van der Waals surface area contributed by atoms with Crippen molar-refractivity contribution in [3.05, 3.63) is 48.5 Å². The van der Waals surface area contributed by atoms with Crippen molar-refractivity contribution in [2.45, 2.75) is 16.5 Å². The zero-order chi connectivity index (χ0) is 16.9. The number of aromatic nitrogens is 2. The van der Waals surface area contributed by atoms with Gasteiger partial charge in [-0.15, -0.1) is 11.8 Å². The van der Waals surface area contributed by atoms with E-state index in [9.17, 15) is 4.79 Å². The number of imidazole rings is 1. The van der Waals surface area contributed by atoms with Gasteiger partial charge in [-0.25, -0.2) is 4.98 Å². The molecule has 4 nitrogen and oxygen atoms in total. The van der Waals surface area contributed by atoms with Crippen LogP contribution in [0.15, 0.2) is 58.6 Å². The van der Waals surface area contributed by atoms with E-state index in [-0.39, 0.29) is 5.91 Å². The van der Waals surface area contributed by atoms with E-state index in [4.69, 9.17) is 0 Å². The van der Waals surface area contributed by atoms with Crippen LogP contribution in [-0.2, 0) is 11.8 Å². The Bertz CT molecular complexity index is 860. The summed E-state index contributed by atoms with van der Waals surface area (Å²) in [4.78, 5) is 17.9. The summed E-state index contributed by atoms with van der Waals surface area (Å²) in [6.45, 7) is 0. The first-order valence-corrected chi connectivity index (χ1v) is 9.87. The molecule has 0 atom stereocenters.